The highest BCUT2D eigenvalue weighted by atomic mass is 35.5. The van der Waals surface area contributed by atoms with E-state index in [1.54, 1.807) is 6.92 Å². The average molecular weight is 325 g/mol. The van der Waals surface area contributed by atoms with Gasteiger partial charge < -0.3 is 10.5 Å². The van der Waals surface area contributed by atoms with E-state index in [2.05, 4.69) is 0 Å². The lowest BCUT2D eigenvalue weighted by molar-refractivity contribution is 0.0393. The largest absolute Gasteiger partial charge is 0.396 e. The van der Waals surface area contributed by atoms with Crippen LogP contribution in [0, 0.1) is 0 Å². The molecule has 0 aromatic heterocycles. The van der Waals surface area contributed by atoms with Crippen molar-refractivity contribution in [2.24, 2.45) is 0 Å². The normalized spacial score (nSPS) is 21.5. The number of ether oxygens (including phenoxy) is 1. The first kappa shape index (κ1) is 14.9. The first-order valence-corrected chi connectivity index (χ1v) is 7.88. The summed E-state index contributed by atoms with van der Waals surface area (Å²) in [4.78, 5) is -0.0233. The van der Waals surface area contributed by atoms with Crippen LogP contribution in [0.25, 0.3) is 0 Å². The molecule has 1 heterocycles. The summed E-state index contributed by atoms with van der Waals surface area (Å²) >= 11 is 11.8. The summed E-state index contributed by atoms with van der Waals surface area (Å²) in [6, 6.07) is 2.56. The van der Waals surface area contributed by atoms with Gasteiger partial charge in [0.2, 0.25) is 10.0 Å². The zero-order valence-electron chi connectivity index (χ0n) is 10.3. The van der Waals surface area contributed by atoms with Crippen molar-refractivity contribution in [3.63, 3.8) is 0 Å². The van der Waals surface area contributed by atoms with Crippen LogP contribution in [0.1, 0.15) is 6.92 Å². The number of morpholine rings is 1. The van der Waals surface area contributed by atoms with E-state index < -0.39 is 10.0 Å². The summed E-state index contributed by atoms with van der Waals surface area (Å²) in [5, 5.41) is 0.199. The van der Waals surface area contributed by atoms with E-state index in [0.717, 1.165) is 0 Å². The van der Waals surface area contributed by atoms with Crippen molar-refractivity contribution in [2.45, 2.75) is 17.9 Å². The Morgan fingerprint density at radius 2 is 2.11 bits per heavy atom. The number of halogens is 2. The van der Waals surface area contributed by atoms with Crippen LogP contribution >= 0.6 is 23.2 Å². The van der Waals surface area contributed by atoms with Gasteiger partial charge in [-0.3, -0.25) is 0 Å². The Kier molecular flexibility index (Phi) is 4.27. The molecule has 0 saturated carbocycles. The molecule has 0 bridgehead atoms. The Labute approximate surface area is 122 Å². The molecule has 1 atom stereocenters. The van der Waals surface area contributed by atoms with E-state index in [9.17, 15) is 8.42 Å². The SMILES string of the molecule is C[C@@H]1COCCN1S(=O)(=O)c1ccc(Cl)c(N)c1Cl. The molecule has 0 radical (unpaired) electrons. The maximum Gasteiger partial charge on any atom is 0.245 e. The van der Waals surface area contributed by atoms with Crippen LogP contribution in [0.3, 0.4) is 0 Å². The van der Waals surface area contributed by atoms with Gasteiger partial charge in [0.1, 0.15) is 4.90 Å². The molecule has 0 amide bonds. The number of anilines is 1. The predicted octanol–water partition coefficient (Wildman–Crippen LogP) is 1.99. The van der Waals surface area contributed by atoms with E-state index in [1.165, 1.54) is 16.4 Å². The topological polar surface area (TPSA) is 72.6 Å². The molecular weight excluding hydrogens is 311 g/mol. The number of rotatable bonds is 2. The number of benzene rings is 1. The van der Waals surface area contributed by atoms with Crippen LogP contribution < -0.4 is 5.73 Å². The van der Waals surface area contributed by atoms with Crippen molar-refractivity contribution in [1.29, 1.82) is 0 Å². The van der Waals surface area contributed by atoms with E-state index in [1.807, 2.05) is 0 Å². The minimum Gasteiger partial charge on any atom is -0.396 e. The van der Waals surface area contributed by atoms with Crippen molar-refractivity contribution in [3.8, 4) is 0 Å². The van der Waals surface area contributed by atoms with E-state index >= 15 is 0 Å². The summed E-state index contributed by atoms with van der Waals surface area (Å²) in [5.74, 6) is 0. The van der Waals surface area contributed by atoms with E-state index in [-0.39, 0.29) is 26.7 Å². The highest BCUT2D eigenvalue weighted by Gasteiger charge is 2.33. The Hall–Kier alpha value is -0.530. The smallest absolute Gasteiger partial charge is 0.245 e. The second kappa shape index (κ2) is 5.46. The minimum atomic E-state index is -3.70. The van der Waals surface area contributed by atoms with Crippen molar-refractivity contribution < 1.29 is 13.2 Å². The van der Waals surface area contributed by atoms with Crippen molar-refractivity contribution in [2.75, 3.05) is 25.5 Å². The summed E-state index contributed by atoms with van der Waals surface area (Å²) in [6.07, 6.45) is 0. The van der Waals surface area contributed by atoms with Crippen molar-refractivity contribution >= 4 is 38.9 Å². The van der Waals surface area contributed by atoms with Gasteiger partial charge >= 0.3 is 0 Å². The first-order chi connectivity index (χ1) is 8.85. The molecule has 1 aliphatic heterocycles. The average Bonchev–Trinajstić information content (AvgIpc) is 2.36. The fraction of sp³-hybridized carbons (Fsp3) is 0.455. The van der Waals surface area contributed by atoms with Gasteiger partial charge in [-0.2, -0.15) is 4.31 Å². The summed E-state index contributed by atoms with van der Waals surface area (Å²) < 4.78 is 31.7. The number of nitrogen functional groups attached to an aromatic ring is 1. The van der Waals surface area contributed by atoms with Gasteiger partial charge in [0.15, 0.2) is 0 Å². The zero-order chi connectivity index (χ0) is 14.2. The van der Waals surface area contributed by atoms with Gasteiger partial charge in [0.25, 0.3) is 0 Å². The lowest BCUT2D eigenvalue weighted by atomic mass is 10.3. The Balaban J connectivity index is 2.48. The highest BCUT2D eigenvalue weighted by Crippen LogP contribution is 2.35. The molecule has 106 valence electrons. The lowest BCUT2D eigenvalue weighted by Crippen LogP contribution is -2.47. The zero-order valence-corrected chi connectivity index (χ0v) is 12.6. The van der Waals surface area contributed by atoms with Gasteiger partial charge in [0, 0.05) is 12.6 Å². The number of hydrogen-bond acceptors (Lipinski definition) is 4. The van der Waals surface area contributed by atoms with Crippen LogP contribution in [0.2, 0.25) is 10.0 Å². The molecule has 0 spiro atoms. The summed E-state index contributed by atoms with van der Waals surface area (Å²) in [5.41, 5.74) is 5.75. The van der Waals surface area contributed by atoms with Crippen molar-refractivity contribution in [3.05, 3.63) is 22.2 Å². The molecule has 1 aromatic rings. The van der Waals surface area contributed by atoms with Gasteiger partial charge in [-0.1, -0.05) is 23.2 Å². The maximum atomic E-state index is 12.6. The first-order valence-electron chi connectivity index (χ1n) is 5.68. The number of nitrogens with two attached hydrogens (primary N) is 1. The molecule has 1 fully saturated rings. The molecule has 0 unspecified atom stereocenters. The minimum absolute atomic E-state index is 0.0233. The molecule has 2 N–H and O–H groups in total. The third-order valence-corrected chi connectivity index (χ3v) is 5.89. The Morgan fingerprint density at radius 1 is 1.42 bits per heavy atom. The standard InChI is InChI=1S/C11H14Cl2N2O3S/c1-7-6-18-5-4-15(7)19(16,17)9-3-2-8(12)11(14)10(9)13/h2-3,7H,4-6,14H2,1H3/t7-/m1/s1. The van der Waals surface area contributed by atoms with Crippen LogP contribution in [0.15, 0.2) is 17.0 Å². The molecule has 8 heteroatoms. The third kappa shape index (κ3) is 2.68. The molecule has 19 heavy (non-hydrogen) atoms. The van der Waals surface area contributed by atoms with Crippen molar-refractivity contribution in [1.82, 2.24) is 4.31 Å². The molecule has 1 aliphatic rings. The fourth-order valence-corrected chi connectivity index (χ4v) is 4.29. The van der Waals surface area contributed by atoms with Gasteiger partial charge in [-0.15, -0.1) is 0 Å². The number of nitrogens with zero attached hydrogens (tertiary/aromatic N) is 1. The van der Waals surface area contributed by atoms with Crippen LogP contribution in [-0.2, 0) is 14.8 Å². The molecular formula is C11H14Cl2N2O3S. The van der Waals surface area contributed by atoms with E-state index in [4.69, 9.17) is 33.7 Å². The molecule has 2 rings (SSSR count). The predicted molar refractivity (Wildman–Crippen MR) is 75.0 cm³/mol. The number of hydrogen-bond donors (Lipinski definition) is 1. The highest BCUT2D eigenvalue weighted by molar-refractivity contribution is 7.89. The fourth-order valence-electron chi connectivity index (χ4n) is 1.94. The Morgan fingerprint density at radius 3 is 2.74 bits per heavy atom. The van der Waals surface area contributed by atoms with Crippen LogP contribution in [-0.4, -0.2) is 38.5 Å². The lowest BCUT2D eigenvalue weighted by Gasteiger charge is -2.32. The number of sulfonamides is 1. The van der Waals surface area contributed by atoms with Gasteiger partial charge in [-0.25, -0.2) is 8.42 Å². The monoisotopic (exact) mass is 324 g/mol. The molecule has 5 nitrogen and oxygen atoms in total. The summed E-state index contributed by atoms with van der Waals surface area (Å²) in [6.45, 7) is 2.80. The molecule has 1 saturated heterocycles. The second-order valence-corrected chi connectivity index (χ2v) is 6.96. The maximum absolute atomic E-state index is 12.6. The van der Waals surface area contributed by atoms with E-state index in [0.29, 0.717) is 19.8 Å². The Bertz CT molecular complexity index is 592. The van der Waals surface area contributed by atoms with Crippen LogP contribution in [0.4, 0.5) is 5.69 Å². The van der Waals surface area contributed by atoms with Gasteiger partial charge in [-0.05, 0) is 19.1 Å². The van der Waals surface area contributed by atoms with Gasteiger partial charge in [0.05, 0.1) is 28.9 Å². The summed E-state index contributed by atoms with van der Waals surface area (Å²) in [7, 11) is -3.70. The molecule has 1 aromatic carbocycles. The third-order valence-electron chi connectivity index (χ3n) is 2.98. The second-order valence-electron chi connectivity index (χ2n) is 4.31. The van der Waals surface area contributed by atoms with Crippen LogP contribution in [0.5, 0.6) is 0 Å². The quantitative estimate of drug-likeness (QED) is 0.844. The molecule has 0 aliphatic carbocycles.